The van der Waals surface area contributed by atoms with E-state index in [9.17, 15) is 4.79 Å². The van der Waals surface area contributed by atoms with Gasteiger partial charge in [0.15, 0.2) is 0 Å². The molecule has 2 saturated heterocycles. The summed E-state index contributed by atoms with van der Waals surface area (Å²) in [4.78, 5) is 14.0. The lowest BCUT2D eigenvalue weighted by Gasteiger charge is -2.36. The highest BCUT2D eigenvalue weighted by Gasteiger charge is 2.36. The number of hydrogen-bond acceptors (Lipinski definition) is 3. The smallest absolute Gasteiger partial charge is 0.251 e. The maximum absolute atomic E-state index is 12.2. The number of amides is 1. The standard InChI is InChI=1S/C13H20N2O2/c1-10-3-4-11(17-10)12(16)15-7-5-13(2,9-14)6-8-15/h10-11H,3-8H2,1-2H3. The molecule has 1 amide bonds. The number of carbonyl (C=O) groups excluding carboxylic acids is 1. The van der Waals surface area contributed by atoms with Crippen molar-refractivity contribution in [1.29, 1.82) is 5.26 Å². The lowest BCUT2D eigenvalue weighted by Crippen LogP contribution is -2.46. The van der Waals surface area contributed by atoms with Crippen molar-refractivity contribution in [3.8, 4) is 6.07 Å². The Balaban J connectivity index is 1.89. The largest absolute Gasteiger partial charge is 0.365 e. The molecule has 0 aromatic carbocycles. The molecule has 0 saturated carbocycles. The molecule has 2 unspecified atom stereocenters. The van der Waals surface area contributed by atoms with Gasteiger partial charge in [-0.05, 0) is 39.5 Å². The minimum absolute atomic E-state index is 0.120. The van der Waals surface area contributed by atoms with Crippen LogP contribution in [-0.2, 0) is 9.53 Å². The van der Waals surface area contributed by atoms with Gasteiger partial charge < -0.3 is 9.64 Å². The van der Waals surface area contributed by atoms with Crippen molar-refractivity contribution in [3.63, 3.8) is 0 Å². The first-order chi connectivity index (χ1) is 8.04. The second-order valence-electron chi connectivity index (χ2n) is 5.51. The second kappa shape index (κ2) is 4.66. The van der Waals surface area contributed by atoms with Gasteiger partial charge in [-0.2, -0.15) is 5.26 Å². The van der Waals surface area contributed by atoms with Crippen molar-refractivity contribution in [2.24, 2.45) is 5.41 Å². The van der Waals surface area contributed by atoms with Crippen molar-refractivity contribution in [3.05, 3.63) is 0 Å². The van der Waals surface area contributed by atoms with Crippen molar-refractivity contribution < 1.29 is 9.53 Å². The third-order valence-electron chi connectivity index (χ3n) is 3.96. The van der Waals surface area contributed by atoms with Gasteiger partial charge in [-0.3, -0.25) is 4.79 Å². The fourth-order valence-corrected chi connectivity index (χ4v) is 2.52. The van der Waals surface area contributed by atoms with Crippen molar-refractivity contribution in [2.75, 3.05) is 13.1 Å². The first-order valence-electron chi connectivity index (χ1n) is 6.39. The topological polar surface area (TPSA) is 53.3 Å². The van der Waals surface area contributed by atoms with E-state index >= 15 is 0 Å². The van der Waals surface area contributed by atoms with Gasteiger partial charge in [0.2, 0.25) is 0 Å². The molecule has 0 bridgehead atoms. The highest BCUT2D eigenvalue weighted by Crippen LogP contribution is 2.31. The van der Waals surface area contributed by atoms with Gasteiger partial charge in [0.25, 0.3) is 5.91 Å². The number of hydrogen-bond donors (Lipinski definition) is 0. The molecule has 17 heavy (non-hydrogen) atoms. The molecule has 0 spiro atoms. The van der Waals surface area contributed by atoms with Crippen LogP contribution >= 0.6 is 0 Å². The van der Waals surface area contributed by atoms with Gasteiger partial charge in [-0.15, -0.1) is 0 Å². The summed E-state index contributed by atoms with van der Waals surface area (Å²) in [6, 6.07) is 2.35. The number of likely N-dealkylation sites (tertiary alicyclic amines) is 1. The Morgan fingerprint density at radius 2 is 2.06 bits per heavy atom. The SMILES string of the molecule is CC1CCC(C(=O)N2CCC(C)(C#N)CC2)O1. The Morgan fingerprint density at radius 3 is 2.53 bits per heavy atom. The van der Waals surface area contributed by atoms with E-state index in [1.807, 2.05) is 18.7 Å². The predicted octanol–water partition coefficient (Wildman–Crippen LogP) is 1.71. The molecule has 0 aliphatic carbocycles. The Labute approximate surface area is 103 Å². The molecule has 0 N–H and O–H groups in total. The maximum Gasteiger partial charge on any atom is 0.251 e. The van der Waals surface area contributed by atoms with Crippen LogP contribution in [0.15, 0.2) is 0 Å². The number of piperidine rings is 1. The summed E-state index contributed by atoms with van der Waals surface area (Å²) in [6.45, 7) is 5.37. The van der Waals surface area contributed by atoms with Crippen LogP contribution in [0.3, 0.4) is 0 Å². The minimum Gasteiger partial charge on any atom is -0.365 e. The first-order valence-corrected chi connectivity index (χ1v) is 6.39. The van der Waals surface area contributed by atoms with E-state index in [1.165, 1.54) is 0 Å². The molecule has 0 radical (unpaired) electrons. The van der Waals surface area contributed by atoms with Crippen molar-refractivity contribution >= 4 is 5.91 Å². The molecule has 2 aliphatic rings. The fraction of sp³-hybridized carbons (Fsp3) is 0.846. The van der Waals surface area contributed by atoms with Gasteiger partial charge in [0.1, 0.15) is 6.10 Å². The molecule has 2 fully saturated rings. The summed E-state index contributed by atoms with van der Waals surface area (Å²) in [6.07, 6.45) is 3.33. The third kappa shape index (κ3) is 2.61. The second-order valence-corrected chi connectivity index (χ2v) is 5.51. The van der Waals surface area contributed by atoms with E-state index < -0.39 is 0 Å². The first kappa shape index (κ1) is 12.4. The van der Waals surface area contributed by atoms with E-state index in [0.29, 0.717) is 13.1 Å². The molecule has 2 aliphatic heterocycles. The highest BCUT2D eigenvalue weighted by molar-refractivity contribution is 5.81. The van der Waals surface area contributed by atoms with Crippen LogP contribution < -0.4 is 0 Å². The van der Waals surface area contributed by atoms with Gasteiger partial charge in [-0.25, -0.2) is 0 Å². The molecule has 2 heterocycles. The summed E-state index contributed by atoms with van der Waals surface area (Å²) in [5.41, 5.74) is -0.249. The van der Waals surface area contributed by atoms with E-state index in [4.69, 9.17) is 10.00 Å². The zero-order valence-electron chi connectivity index (χ0n) is 10.6. The molecule has 2 atom stereocenters. The average molecular weight is 236 g/mol. The molecule has 4 nitrogen and oxygen atoms in total. The lowest BCUT2D eigenvalue weighted by molar-refractivity contribution is -0.144. The molecular formula is C13H20N2O2. The summed E-state index contributed by atoms with van der Waals surface area (Å²) < 4.78 is 5.60. The van der Waals surface area contributed by atoms with Crippen LogP contribution in [-0.4, -0.2) is 36.1 Å². The minimum atomic E-state index is -0.249. The summed E-state index contributed by atoms with van der Waals surface area (Å²) in [7, 11) is 0. The molecule has 2 rings (SSSR count). The number of nitriles is 1. The quantitative estimate of drug-likeness (QED) is 0.696. The molecule has 0 aromatic rings. The van der Waals surface area contributed by atoms with Crippen LogP contribution in [0.25, 0.3) is 0 Å². The van der Waals surface area contributed by atoms with Crippen LogP contribution in [0.4, 0.5) is 0 Å². The summed E-state index contributed by atoms with van der Waals surface area (Å²) in [5.74, 6) is 0.120. The highest BCUT2D eigenvalue weighted by atomic mass is 16.5. The molecular weight excluding hydrogens is 216 g/mol. The van der Waals surface area contributed by atoms with E-state index in [1.54, 1.807) is 0 Å². The normalized spacial score (nSPS) is 32.2. The molecule has 94 valence electrons. The number of carbonyl (C=O) groups is 1. The van der Waals surface area contributed by atoms with Gasteiger partial charge in [0.05, 0.1) is 17.6 Å². The Bertz CT molecular complexity index is 340. The molecule has 0 aromatic heterocycles. The van der Waals surface area contributed by atoms with Gasteiger partial charge in [-0.1, -0.05) is 0 Å². The van der Waals surface area contributed by atoms with Crippen LogP contribution in [0.2, 0.25) is 0 Å². The monoisotopic (exact) mass is 236 g/mol. The Hall–Kier alpha value is -1.08. The van der Waals surface area contributed by atoms with E-state index in [-0.39, 0.29) is 23.5 Å². The number of ether oxygens (including phenoxy) is 1. The van der Waals surface area contributed by atoms with Crippen molar-refractivity contribution in [2.45, 2.75) is 51.7 Å². The zero-order chi connectivity index (χ0) is 12.5. The zero-order valence-corrected chi connectivity index (χ0v) is 10.6. The third-order valence-corrected chi connectivity index (χ3v) is 3.96. The number of nitrogens with zero attached hydrogens (tertiary/aromatic N) is 2. The Morgan fingerprint density at radius 1 is 1.41 bits per heavy atom. The van der Waals surface area contributed by atoms with Crippen LogP contribution in [0, 0.1) is 16.7 Å². The van der Waals surface area contributed by atoms with Crippen molar-refractivity contribution in [1.82, 2.24) is 4.90 Å². The van der Waals surface area contributed by atoms with Crippen LogP contribution in [0.1, 0.15) is 39.5 Å². The summed E-state index contributed by atoms with van der Waals surface area (Å²) in [5, 5.41) is 9.04. The van der Waals surface area contributed by atoms with Gasteiger partial charge in [0, 0.05) is 13.1 Å². The summed E-state index contributed by atoms with van der Waals surface area (Å²) >= 11 is 0. The Kier molecular flexibility index (Phi) is 3.39. The van der Waals surface area contributed by atoms with E-state index in [0.717, 1.165) is 25.7 Å². The maximum atomic E-state index is 12.2. The van der Waals surface area contributed by atoms with Crippen LogP contribution in [0.5, 0.6) is 0 Å². The average Bonchev–Trinajstić information content (AvgIpc) is 2.76. The lowest BCUT2D eigenvalue weighted by atomic mass is 9.82. The predicted molar refractivity (Wildman–Crippen MR) is 63.1 cm³/mol. The van der Waals surface area contributed by atoms with E-state index in [2.05, 4.69) is 6.07 Å². The molecule has 4 heteroatoms. The van der Waals surface area contributed by atoms with Gasteiger partial charge >= 0.3 is 0 Å². The fourth-order valence-electron chi connectivity index (χ4n) is 2.52. The number of rotatable bonds is 1.